The summed E-state index contributed by atoms with van der Waals surface area (Å²) >= 11 is 0. The standard InChI is InChI=1S/C13H16FNO/c14-11-6-2-1-5-10(11)13(9-12(15)16)7-3-4-8-13/h1-2,5-6H,3-4,7-9H2,(H2,15,16). The molecule has 1 aromatic carbocycles. The van der Waals surface area contributed by atoms with Crippen LogP contribution in [0.25, 0.3) is 0 Å². The maximum absolute atomic E-state index is 13.8. The predicted molar refractivity (Wildman–Crippen MR) is 60.4 cm³/mol. The molecule has 2 nitrogen and oxygen atoms in total. The Hall–Kier alpha value is -1.38. The molecule has 0 atom stereocenters. The van der Waals surface area contributed by atoms with Crippen LogP contribution in [0.15, 0.2) is 24.3 Å². The zero-order valence-electron chi connectivity index (χ0n) is 9.21. The van der Waals surface area contributed by atoms with E-state index >= 15 is 0 Å². The molecule has 0 spiro atoms. The molecule has 1 aliphatic carbocycles. The predicted octanol–water partition coefficient (Wildman–Crippen LogP) is 2.51. The van der Waals surface area contributed by atoms with Crippen molar-refractivity contribution in [3.05, 3.63) is 35.6 Å². The number of halogens is 1. The summed E-state index contributed by atoms with van der Waals surface area (Å²) in [5.41, 5.74) is 5.59. The van der Waals surface area contributed by atoms with Crippen LogP contribution in [0.3, 0.4) is 0 Å². The fraction of sp³-hybridized carbons (Fsp3) is 0.462. The largest absolute Gasteiger partial charge is 0.370 e. The van der Waals surface area contributed by atoms with E-state index < -0.39 is 0 Å². The summed E-state index contributed by atoms with van der Waals surface area (Å²) in [6.07, 6.45) is 4.06. The highest BCUT2D eigenvalue weighted by atomic mass is 19.1. The molecule has 0 heterocycles. The Labute approximate surface area is 94.6 Å². The second kappa shape index (κ2) is 4.24. The molecule has 1 fully saturated rings. The van der Waals surface area contributed by atoms with Crippen LogP contribution >= 0.6 is 0 Å². The number of rotatable bonds is 3. The van der Waals surface area contributed by atoms with E-state index in [1.54, 1.807) is 12.1 Å². The van der Waals surface area contributed by atoms with Gasteiger partial charge in [-0.15, -0.1) is 0 Å². The van der Waals surface area contributed by atoms with E-state index in [0.717, 1.165) is 25.7 Å². The van der Waals surface area contributed by atoms with E-state index in [9.17, 15) is 9.18 Å². The SMILES string of the molecule is NC(=O)CC1(c2ccccc2F)CCCC1. The molecule has 16 heavy (non-hydrogen) atoms. The highest BCUT2D eigenvalue weighted by Crippen LogP contribution is 2.44. The third-order valence-electron chi connectivity index (χ3n) is 3.52. The van der Waals surface area contributed by atoms with Gasteiger partial charge >= 0.3 is 0 Å². The molecule has 86 valence electrons. The van der Waals surface area contributed by atoms with Gasteiger partial charge in [-0.1, -0.05) is 31.0 Å². The fourth-order valence-corrected chi connectivity index (χ4v) is 2.82. The normalized spacial score (nSPS) is 18.6. The monoisotopic (exact) mass is 221 g/mol. The van der Waals surface area contributed by atoms with Crippen molar-refractivity contribution in [1.82, 2.24) is 0 Å². The first-order chi connectivity index (χ1) is 7.64. The number of carbonyl (C=O) groups excluding carboxylic acids is 1. The van der Waals surface area contributed by atoms with Crippen molar-refractivity contribution < 1.29 is 9.18 Å². The van der Waals surface area contributed by atoms with Crippen LogP contribution in [0, 0.1) is 5.82 Å². The molecule has 1 aliphatic rings. The van der Waals surface area contributed by atoms with Gasteiger partial charge in [-0.05, 0) is 24.5 Å². The van der Waals surface area contributed by atoms with Crippen LogP contribution in [-0.4, -0.2) is 5.91 Å². The quantitative estimate of drug-likeness (QED) is 0.837. The average molecular weight is 221 g/mol. The average Bonchev–Trinajstić information content (AvgIpc) is 2.67. The Morgan fingerprint density at radius 2 is 1.94 bits per heavy atom. The van der Waals surface area contributed by atoms with Crippen LogP contribution in [0.1, 0.15) is 37.7 Å². The van der Waals surface area contributed by atoms with Crippen LogP contribution in [0.2, 0.25) is 0 Å². The van der Waals surface area contributed by atoms with Gasteiger partial charge < -0.3 is 5.73 Å². The van der Waals surface area contributed by atoms with E-state index in [0.29, 0.717) is 5.56 Å². The highest BCUT2D eigenvalue weighted by Gasteiger charge is 2.38. The summed E-state index contributed by atoms with van der Waals surface area (Å²) in [5.74, 6) is -0.559. The van der Waals surface area contributed by atoms with Crippen LogP contribution in [0.4, 0.5) is 4.39 Å². The lowest BCUT2D eigenvalue weighted by Gasteiger charge is -2.28. The first kappa shape index (κ1) is 11.1. The van der Waals surface area contributed by atoms with Crippen molar-refractivity contribution in [2.75, 3.05) is 0 Å². The van der Waals surface area contributed by atoms with Gasteiger partial charge in [-0.2, -0.15) is 0 Å². The molecule has 2 N–H and O–H groups in total. The highest BCUT2D eigenvalue weighted by molar-refractivity contribution is 5.75. The smallest absolute Gasteiger partial charge is 0.218 e. The van der Waals surface area contributed by atoms with E-state index in [-0.39, 0.29) is 23.6 Å². The number of benzene rings is 1. The minimum atomic E-state index is -0.350. The molecule has 0 unspecified atom stereocenters. The van der Waals surface area contributed by atoms with Gasteiger partial charge in [0.05, 0.1) is 0 Å². The zero-order chi connectivity index (χ0) is 11.6. The van der Waals surface area contributed by atoms with Gasteiger partial charge in [0.25, 0.3) is 0 Å². The topological polar surface area (TPSA) is 43.1 Å². The molecule has 0 aliphatic heterocycles. The Balaban J connectivity index is 2.39. The first-order valence-corrected chi connectivity index (χ1v) is 5.67. The molecule has 1 saturated carbocycles. The second-order valence-electron chi connectivity index (χ2n) is 4.61. The minimum absolute atomic E-state index is 0.217. The third kappa shape index (κ3) is 1.94. The molecule has 2 rings (SSSR count). The van der Waals surface area contributed by atoms with Gasteiger partial charge in [0, 0.05) is 11.8 Å². The van der Waals surface area contributed by atoms with Gasteiger partial charge in [-0.3, -0.25) is 4.79 Å². The van der Waals surface area contributed by atoms with Crippen molar-refractivity contribution in [2.24, 2.45) is 5.73 Å². The lowest BCUT2D eigenvalue weighted by molar-refractivity contribution is -0.119. The number of nitrogens with two attached hydrogens (primary N) is 1. The lowest BCUT2D eigenvalue weighted by Crippen LogP contribution is -2.30. The number of hydrogen-bond donors (Lipinski definition) is 1. The summed E-state index contributed by atoms with van der Waals surface area (Å²) in [5, 5.41) is 0. The summed E-state index contributed by atoms with van der Waals surface area (Å²) in [6.45, 7) is 0. The van der Waals surface area contributed by atoms with Crippen LogP contribution < -0.4 is 5.73 Å². The number of carbonyl (C=O) groups is 1. The second-order valence-corrected chi connectivity index (χ2v) is 4.61. The third-order valence-corrected chi connectivity index (χ3v) is 3.52. The van der Waals surface area contributed by atoms with Crippen molar-refractivity contribution >= 4 is 5.91 Å². The summed E-state index contributed by atoms with van der Waals surface area (Å²) < 4.78 is 13.8. The molecular formula is C13H16FNO. The maximum atomic E-state index is 13.8. The van der Waals surface area contributed by atoms with Crippen molar-refractivity contribution in [3.63, 3.8) is 0 Å². The van der Waals surface area contributed by atoms with Crippen molar-refractivity contribution in [2.45, 2.75) is 37.5 Å². The van der Waals surface area contributed by atoms with E-state index in [1.807, 2.05) is 6.07 Å². The van der Waals surface area contributed by atoms with E-state index in [2.05, 4.69) is 0 Å². The fourth-order valence-electron chi connectivity index (χ4n) is 2.82. The van der Waals surface area contributed by atoms with Crippen molar-refractivity contribution in [1.29, 1.82) is 0 Å². The van der Waals surface area contributed by atoms with Gasteiger partial charge in [0.1, 0.15) is 5.82 Å². The summed E-state index contributed by atoms with van der Waals surface area (Å²) in [7, 11) is 0. The van der Waals surface area contributed by atoms with E-state index in [4.69, 9.17) is 5.73 Å². The zero-order valence-corrected chi connectivity index (χ0v) is 9.21. The lowest BCUT2D eigenvalue weighted by atomic mass is 9.75. The molecular weight excluding hydrogens is 205 g/mol. The van der Waals surface area contributed by atoms with Gasteiger partial charge in [-0.25, -0.2) is 4.39 Å². The van der Waals surface area contributed by atoms with Crippen molar-refractivity contribution in [3.8, 4) is 0 Å². The van der Waals surface area contributed by atoms with Crippen LogP contribution in [-0.2, 0) is 10.2 Å². The molecule has 0 radical (unpaired) electrons. The molecule has 3 heteroatoms. The molecule has 0 bridgehead atoms. The Morgan fingerprint density at radius 3 is 2.50 bits per heavy atom. The molecule has 0 saturated heterocycles. The number of hydrogen-bond acceptors (Lipinski definition) is 1. The Kier molecular flexibility index (Phi) is 2.95. The maximum Gasteiger partial charge on any atom is 0.218 e. The minimum Gasteiger partial charge on any atom is -0.370 e. The molecule has 1 aromatic rings. The van der Waals surface area contributed by atoms with E-state index in [1.165, 1.54) is 6.07 Å². The molecule has 0 aromatic heterocycles. The molecule has 1 amide bonds. The summed E-state index contributed by atoms with van der Waals surface area (Å²) in [4.78, 5) is 11.1. The Morgan fingerprint density at radius 1 is 1.31 bits per heavy atom. The Bertz CT molecular complexity index is 397. The van der Waals surface area contributed by atoms with Crippen LogP contribution in [0.5, 0.6) is 0 Å². The van der Waals surface area contributed by atoms with Gasteiger partial charge in [0.15, 0.2) is 0 Å². The number of amides is 1. The summed E-state index contributed by atoms with van der Waals surface area (Å²) in [6, 6.07) is 6.73. The first-order valence-electron chi connectivity index (χ1n) is 5.67. The number of primary amides is 1. The van der Waals surface area contributed by atoms with Gasteiger partial charge in [0.2, 0.25) is 5.91 Å².